The Balaban J connectivity index is 0.000000275. The molecule has 0 unspecified atom stereocenters. The van der Waals surface area contributed by atoms with E-state index < -0.39 is 0 Å². The van der Waals surface area contributed by atoms with E-state index >= 15 is 0 Å². The average Bonchev–Trinajstić information content (AvgIpc) is 3.79. The van der Waals surface area contributed by atoms with Gasteiger partial charge in [-0.25, -0.2) is 0 Å². The van der Waals surface area contributed by atoms with Crippen LogP contribution in [0.1, 0.15) is 188 Å². The second-order valence-corrected chi connectivity index (χ2v) is 18.6. The number of amides is 2. The number of hydrogen-bond acceptors (Lipinski definition) is 5. The summed E-state index contributed by atoms with van der Waals surface area (Å²) in [6.45, 7) is 14.2. The van der Waals surface area contributed by atoms with Crippen molar-refractivity contribution in [3.05, 3.63) is 82.9 Å². The first-order valence-electron chi connectivity index (χ1n) is 23.9. The smallest absolute Gasteiger partial charge is 0.251 e. The molecule has 2 aromatic carbocycles. The fraction of sp³-hybridized carbons (Fsp3) is 0.655. The summed E-state index contributed by atoms with van der Waals surface area (Å²) >= 11 is 0. The number of hydrogen-bond donors (Lipinski definition) is 3. The molecule has 7 nitrogen and oxygen atoms in total. The Morgan fingerprint density at radius 1 is 0.645 bits per heavy atom. The van der Waals surface area contributed by atoms with E-state index in [0.29, 0.717) is 5.92 Å². The maximum absolute atomic E-state index is 13.1. The average molecular weight is 853 g/mol. The summed E-state index contributed by atoms with van der Waals surface area (Å²) in [5.41, 5.74) is 6.92. The van der Waals surface area contributed by atoms with Gasteiger partial charge in [0.15, 0.2) is 0 Å². The third-order valence-corrected chi connectivity index (χ3v) is 14.8. The summed E-state index contributed by atoms with van der Waals surface area (Å²) < 4.78 is 0. The first kappa shape index (κ1) is 52.8. The van der Waals surface area contributed by atoms with Gasteiger partial charge in [0.1, 0.15) is 6.29 Å². The van der Waals surface area contributed by atoms with Crippen LogP contribution in [0, 0.1) is 11.8 Å². The van der Waals surface area contributed by atoms with Gasteiger partial charge in [0.25, 0.3) is 11.8 Å². The fourth-order valence-corrected chi connectivity index (χ4v) is 10.9. The molecule has 2 aromatic rings. The molecule has 2 spiro atoms. The maximum Gasteiger partial charge on any atom is 0.251 e. The Hall–Kier alpha value is -3.55. The number of carbonyl (C=O) groups is 3. The monoisotopic (exact) mass is 853 g/mol. The van der Waals surface area contributed by atoms with Gasteiger partial charge in [-0.3, -0.25) is 9.59 Å². The molecule has 2 saturated heterocycles. The molecule has 0 atom stereocenters. The van der Waals surface area contributed by atoms with Gasteiger partial charge in [-0.05, 0) is 131 Å². The molecule has 2 aliphatic heterocycles. The summed E-state index contributed by atoms with van der Waals surface area (Å²) in [6.07, 6.45) is 27.3. The predicted octanol–water partition coefficient (Wildman–Crippen LogP) is 12.0. The topological polar surface area (TPSA) is 90.5 Å². The quantitative estimate of drug-likeness (QED) is 0.196. The van der Waals surface area contributed by atoms with Crippen LogP contribution in [-0.2, 0) is 25.2 Å². The van der Waals surface area contributed by atoms with E-state index in [1.165, 1.54) is 69.0 Å². The zero-order valence-corrected chi connectivity index (χ0v) is 37.1. The van der Waals surface area contributed by atoms with Crippen LogP contribution in [0.2, 0.25) is 0 Å². The van der Waals surface area contributed by atoms with Gasteiger partial charge in [0, 0.05) is 46.5 Å². The number of allylic oxidation sites excluding steroid dienone is 2. The largest absolute Gasteiger partial charge is 0.349 e. The molecular weight excluding hydrogens is 765 g/mol. The summed E-state index contributed by atoms with van der Waals surface area (Å²) in [5.74, 6) is 1.53. The van der Waals surface area contributed by atoms with E-state index in [9.17, 15) is 14.4 Å². The number of carbonyl (C=O) groups excluding carboxylic acids is 3. The molecule has 3 N–H and O–H groups in total. The highest BCUT2D eigenvalue weighted by molar-refractivity contribution is 6.22. The van der Waals surface area contributed by atoms with E-state index in [-0.39, 0.29) is 57.0 Å². The lowest BCUT2D eigenvalue weighted by atomic mass is 9.74. The first-order chi connectivity index (χ1) is 28.8. The number of fused-ring (bicyclic) bond motifs is 4. The molecule has 0 bridgehead atoms. The van der Waals surface area contributed by atoms with Crippen molar-refractivity contribution in [1.82, 2.24) is 20.9 Å². The highest BCUT2D eigenvalue weighted by atomic mass is 16.2. The van der Waals surface area contributed by atoms with Crippen molar-refractivity contribution in [3.8, 4) is 0 Å². The van der Waals surface area contributed by atoms with Crippen molar-refractivity contribution in [1.29, 1.82) is 0 Å². The standard InChI is InChI=1S/C26H38N2O.C19H26N2O.C7H12O.3CH4/c1-3-21(4-2)27-25(29)23-18-26(24-13-9-8-12-22(23)24)14-16-28(17-15-26)19-20-10-6-5-7-11-20;1-3-14(4-2)21-18(22)16-13-19(9-11-20-12-10-19)17-8-6-5-7-15(16)17;8-6-7-4-2-1-3-5-7;;;/h8-9,12-13,18,20-21H,3-7,10-11,14-17,19H2,1-2H3,(H,27,29);5-8,13-14,20H,3-4,9-12H2,1-2H3,(H,21,22);6-7H,1-5H2;3*1H4. The Bertz CT molecular complexity index is 1730. The number of nitrogens with zero attached hydrogens (tertiary/aromatic N) is 1. The van der Waals surface area contributed by atoms with E-state index in [0.717, 1.165) is 125 Å². The zero-order chi connectivity index (χ0) is 41.7. The maximum atomic E-state index is 13.1. The van der Waals surface area contributed by atoms with Crippen molar-refractivity contribution >= 4 is 29.2 Å². The molecule has 2 amide bonds. The van der Waals surface area contributed by atoms with E-state index in [2.05, 4.69) is 103 Å². The predicted molar refractivity (Wildman–Crippen MR) is 264 cm³/mol. The molecule has 62 heavy (non-hydrogen) atoms. The van der Waals surface area contributed by atoms with Crippen molar-refractivity contribution < 1.29 is 14.4 Å². The normalized spacial score (nSPS) is 20.0. The van der Waals surface area contributed by atoms with Gasteiger partial charge in [0.05, 0.1) is 0 Å². The SMILES string of the molecule is C.C.C.CCC(CC)NC(=O)C1=CC2(CCN(CC3CCCCC3)CC2)c2ccccc21.CCC(CC)NC(=O)C1=CC2(CCNCC2)c2ccccc21.O=CC1CCCCC1. The van der Waals surface area contributed by atoms with Crippen molar-refractivity contribution in [2.24, 2.45) is 11.8 Å². The zero-order valence-electron chi connectivity index (χ0n) is 37.1. The molecule has 2 heterocycles. The summed E-state index contributed by atoms with van der Waals surface area (Å²) in [5, 5.41) is 9.90. The molecule has 8 rings (SSSR count). The van der Waals surface area contributed by atoms with E-state index in [1.54, 1.807) is 0 Å². The molecule has 0 radical (unpaired) electrons. The Labute approximate surface area is 379 Å². The van der Waals surface area contributed by atoms with E-state index in [1.807, 2.05) is 6.07 Å². The summed E-state index contributed by atoms with van der Waals surface area (Å²) in [4.78, 5) is 38.7. The lowest BCUT2D eigenvalue weighted by Gasteiger charge is -2.41. The summed E-state index contributed by atoms with van der Waals surface area (Å²) in [6, 6.07) is 17.6. The van der Waals surface area contributed by atoms with Crippen LogP contribution in [0.4, 0.5) is 0 Å². The molecule has 0 aromatic heterocycles. The minimum absolute atomic E-state index is 0. The number of piperidine rings is 2. The summed E-state index contributed by atoms with van der Waals surface area (Å²) in [7, 11) is 0. The van der Waals surface area contributed by atoms with Crippen LogP contribution in [-0.4, -0.2) is 67.8 Å². The minimum Gasteiger partial charge on any atom is -0.349 e. The molecule has 4 aliphatic carbocycles. The van der Waals surface area contributed by atoms with Crippen LogP contribution in [0.15, 0.2) is 60.7 Å². The van der Waals surface area contributed by atoms with Crippen LogP contribution >= 0.6 is 0 Å². The number of nitrogens with one attached hydrogen (secondary N) is 3. The molecule has 2 saturated carbocycles. The molecule has 4 fully saturated rings. The van der Waals surface area contributed by atoms with Crippen LogP contribution < -0.4 is 16.0 Å². The third kappa shape index (κ3) is 12.8. The van der Waals surface area contributed by atoms with Crippen LogP contribution in [0.3, 0.4) is 0 Å². The number of aldehydes is 1. The number of rotatable bonds is 11. The van der Waals surface area contributed by atoms with Gasteiger partial charge in [0.2, 0.25) is 0 Å². The van der Waals surface area contributed by atoms with Gasteiger partial charge >= 0.3 is 0 Å². The molecule has 7 heteroatoms. The van der Waals surface area contributed by atoms with Gasteiger partial charge < -0.3 is 25.6 Å². The Morgan fingerprint density at radius 3 is 1.48 bits per heavy atom. The minimum atomic E-state index is 0. The van der Waals surface area contributed by atoms with Gasteiger partial charge in [-0.2, -0.15) is 0 Å². The van der Waals surface area contributed by atoms with Crippen LogP contribution in [0.5, 0.6) is 0 Å². The Kier molecular flexibility index (Phi) is 21.9. The fourth-order valence-electron chi connectivity index (χ4n) is 10.9. The van der Waals surface area contributed by atoms with Gasteiger partial charge in [-0.1, -0.05) is 149 Å². The lowest BCUT2D eigenvalue weighted by Crippen LogP contribution is -2.43. The Morgan fingerprint density at radius 2 is 1.06 bits per heavy atom. The van der Waals surface area contributed by atoms with E-state index in [4.69, 9.17) is 0 Å². The van der Waals surface area contributed by atoms with Crippen LogP contribution in [0.25, 0.3) is 11.1 Å². The second-order valence-electron chi connectivity index (χ2n) is 18.6. The lowest BCUT2D eigenvalue weighted by molar-refractivity contribution is -0.117. The van der Waals surface area contributed by atoms with Crippen molar-refractivity contribution in [2.45, 2.75) is 188 Å². The van der Waals surface area contributed by atoms with Crippen molar-refractivity contribution in [2.75, 3.05) is 32.7 Å². The number of benzene rings is 2. The number of likely N-dealkylation sites (tertiary alicyclic amines) is 1. The molecular formula is C55H88N4O3. The van der Waals surface area contributed by atoms with Gasteiger partial charge in [-0.15, -0.1) is 0 Å². The molecule has 346 valence electrons. The molecule has 6 aliphatic rings. The van der Waals surface area contributed by atoms with Crippen molar-refractivity contribution in [3.63, 3.8) is 0 Å². The highest BCUT2D eigenvalue weighted by Gasteiger charge is 2.43. The highest BCUT2D eigenvalue weighted by Crippen LogP contribution is 2.48. The first-order valence-corrected chi connectivity index (χ1v) is 23.9. The third-order valence-electron chi connectivity index (χ3n) is 14.8. The second kappa shape index (κ2) is 25.7.